The van der Waals surface area contributed by atoms with Crippen molar-refractivity contribution in [2.75, 3.05) is 18.7 Å². The van der Waals surface area contributed by atoms with Crippen LogP contribution in [0.1, 0.15) is 6.42 Å². The van der Waals surface area contributed by atoms with E-state index in [2.05, 4.69) is 10.6 Å². The Morgan fingerprint density at radius 3 is 2.89 bits per heavy atom. The number of carbonyl (C=O) groups excluding carboxylic acids is 1. The van der Waals surface area contributed by atoms with Crippen LogP contribution in [0.15, 0.2) is 18.2 Å². The molecule has 1 atom stereocenters. The minimum absolute atomic E-state index is 0.232. The highest BCUT2D eigenvalue weighted by Gasteiger charge is 2.26. The van der Waals surface area contributed by atoms with Crippen LogP contribution in [-0.2, 0) is 9.53 Å². The normalized spacial score (nSPS) is 20.0. The first kappa shape index (κ1) is 12.0. The zero-order chi connectivity index (χ0) is 13.2. The molecule has 3 rings (SSSR count). The summed E-state index contributed by atoms with van der Waals surface area (Å²) in [6.07, 6.45) is 0.627. The van der Waals surface area contributed by atoms with Gasteiger partial charge >= 0.3 is 5.97 Å². The maximum Gasteiger partial charge on any atom is 0.328 e. The number of hydrogen-bond donors (Lipinski definition) is 2. The van der Waals surface area contributed by atoms with Crippen molar-refractivity contribution < 1.29 is 19.0 Å². The molecule has 0 aliphatic carbocycles. The van der Waals surface area contributed by atoms with Gasteiger partial charge in [0.15, 0.2) is 16.6 Å². The third kappa shape index (κ3) is 2.55. The molecule has 2 aliphatic heterocycles. The van der Waals surface area contributed by atoms with Crippen molar-refractivity contribution in [3.05, 3.63) is 18.2 Å². The summed E-state index contributed by atoms with van der Waals surface area (Å²) in [5.41, 5.74) is 0.771. The molecule has 1 saturated heterocycles. The van der Waals surface area contributed by atoms with E-state index in [1.165, 1.54) is 0 Å². The van der Waals surface area contributed by atoms with E-state index in [1.807, 2.05) is 6.07 Å². The Bertz CT molecular complexity index is 534. The number of esters is 1. The molecule has 1 aromatic rings. The molecule has 2 heterocycles. The lowest BCUT2D eigenvalue weighted by atomic mass is 10.2. The van der Waals surface area contributed by atoms with Crippen LogP contribution in [0.3, 0.4) is 0 Å². The number of nitrogens with one attached hydrogen (secondary N) is 2. The number of cyclic esters (lactones) is 1. The number of thiocarbonyl (C=S) groups is 1. The second-order valence-electron chi connectivity index (χ2n) is 4.18. The second kappa shape index (κ2) is 4.93. The molecule has 2 aliphatic rings. The predicted octanol–water partition coefficient (Wildman–Crippen LogP) is 1.02. The molecule has 0 amide bonds. The quantitative estimate of drug-likeness (QED) is 0.619. The largest absolute Gasteiger partial charge is 0.464 e. The van der Waals surface area contributed by atoms with Crippen LogP contribution >= 0.6 is 12.2 Å². The van der Waals surface area contributed by atoms with E-state index in [-0.39, 0.29) is 18.8 Å². The molecule has 6 nitrogen and oxygen atoms in total. The van der Waals surface area contributed by atoms with Gasteiger partial charge in [-0.15, -0.1) is 0 Å². The zero-order valence-electron chi connectivity index (χ0n) is 9.97. The Morgan fingerprint density at radius 2 is 2.11 bits per heavy atom. The first-order valence-corrected chi connectivity index (χ1v) is 6.27. The number of carbonyl (C=O) groups is 1. The topological polar surface area (TPSA) is 68.8 Å². The van der Waals surface area contributed by atoms with Crippen molar-refractivity contribution >= 4 is 29.0 Å². The number of anilines is 1. The SMILES string of the molecule is O=C1OCCC1NC(=S)Nc1ccc2c(c1)OCO2. The number of benzene rings is 1. The molecule has 0 aromatic heterocycles. The van der Waals surface area contributed by atoms with Gasteiger partial charge in [-0.25, -0.2) is 4.79 Å². The van der Waals surface area contributed by atoms with Crippen LogP contribution in [0.2, 0.25) is 0 Å². The Hall–Kier alpha value is -2.02. The van der Waals surface area contributed by atoms with E-state index in [0.717, 1.165) is 5.69 Å². The van der Waals surface area contributed by atoms with Crippen LogP contribution in [0.5, 0.6) is 11.5 Å². The van der Waals surface area contributed by atoms with Crippen LogP contribution < -0.4 is 20.1 Å². The lowest BCUT2D eigenvalue weighted by Crippen LogP contribution is -2.40. The van der Waals surface area contributed by atoms with E-state index in [0.29, 0.717) is 29.6 Å². The minimum atomic E-state index is -0.367. The molecule has 7 heteroatoms. The van der Waals surface area contributed by atoms with E-state index in [4.69, 9.17) is 26.4 Å². The average Bonchev–Trinajstić information content (AvgIpc) is 2.98. The Morgan fingerprint density at radius 1 is 1.26 bits per heavy atom. The molecule has 19 heavy (non-hydrogen) atoms. The summed E-state index contributed by atoms with van der Waals surface area (Å²) in [7, 11) is 0. The van der Waals surface area contributed by atoms with Gasteiger partial charge in [-0.1, -0.05) is 0 Å². The van der Waals surface area contributed by atoms with Crippen LogP contribution in [0.25, 0.3) is 0 Å². The lowest BCUT2D eigenvalue weighted by molar-refractivity contribution is -0.139. The van der Waals surface area contributed by atoms with Gasteiger partial charge in [0, 0.05) is 18.2 Å². The van der Waals surface area contributed by atoms with Gasteiger partial charge in [0.2, 0.25) is 6.79 Å². The Labute approximate surface area is 115 Å². The summed E-state index contributed by atoms with van der Waals surface area (Å²) >= 11 is 5.15. The molecule has 1 aromatic carbocycles. The molecule has 0 bridgehead atoms. The third-order valence-electron chi connectivity index (χ3n) is 2.87. The molecular formula is C12H12N2O4S. The molecule has 0 radical (unpaired) electrons. The van der Waals surface area contributed by atoms with Gasteiger partial charge in [-0.05, 0) is 24.4 Å². The molecule has 2 N–H and O–H groups in total. The number of fused-ring (bicyclic) bond motifs is 1. The van der Waals surface area contributed by atoms with Gasteiger partial charge in [-0.3, -0.25) is 0 Å². The highest BCUT2D eigenvalue weighted by Crippen LogP contribution is 2.34. The molecule has 0 saturated carbocycles. The van der Waals surface area contributed by atoms with Crippen LogP contribution in [0.4, 0.5) is 5.69 Å². The fourth-order valence-corrected chi connectivity index (χ4v) is 2.19. The Kier molecular flexibility index (Phi) is 3.12. The van der Waals surface area contributed by atoms with Crippen molar-refractivity contribution in [2.45, 2.75) is 12.5 Å². The fourth-order valence-electron chi connectivity index (χ4n) is 1.93. The van der Waals surface area contributed by atoms with Crippen molar-refractivity contribution in [3.8, 4) is 11.5 Å². The van der Waals surface area contributed by atoms with E-state index in [1.54, 1.807) is 12.1 Å². The standard InChI is InChI=1S/C12H12N2O4S/c15-11-8(3-4-16-11)14-12(19)13-7-1-2-9-10(5-7)18-6-17-9/h1-2,5,8H,3-4,6H2,(H2,13,14,19). The monoisotopic (exact) mass is 280 g/mol. The summed E-state index contributed by atoms with van der Waals surface area (Å²) < 4.78 is 15.3. The molecular weight excluding hydrogens is 268 g/mol. The van der Waals surface area contributed by atoms with Crippen molar-refractivity contribution in [1.82, 2.24) is 5.32 Å². The smallest absolute Gasteiger partial charge is 0.328 e. The number of rotatable bonds is 2. The highest BCUT2D eigenvalue weighted by molar-refractivity contribution is 7.80. The minimum Gasteiger partial charge on any atom is -0.464 e. The van der Waals surface area contributed by atoms with Gasteiger partial charge in [0.25, 0.3) is 0 Å². The predicted molar refractivity (Wildman–Crippen MR) is 71.3 cm³/mol. The summed E-state index contributed by atoms with van der Waals surface area (Å²) in [5.74, 6) is 1.12. The maximum atomic E-state index is 11.3. The molecule has 0 spiro atoms. The van der Waals surface area contributed by atoms with Crippen LogP contribution in [0, 0.1) is 0 Å². The average molecular weight is 280 g/mol. The first-order valence-electron chi connectivity index (χ1n) is 5.86. The van der Waals surface area contributed by atoms with Crippen molar-refractivity contribution in [1.29, 1.82) is 0 Å². The third-order valence-corrected chi connectivity index (χ3v) is 3.09. The van der Waals surface area contributed by atoms with E-state index < -0.39 is 0 Å². The molecule has 100 valence electrons. The zero-order valence-corrected chi connectivity index (χ0v) is 10.8. The van der Waals surface area contributed by atoms with Gasteiger partial charge in [-0.2, -0.15) is 0 Å². The van der Waals surface area contributed by atoms with Crippen molar-refractivity contribution in [3.63, 3.8) is 0 Å². The summed E-state index contributed by atoms with van der Waals surface area (Å²) in [4.78, 5) is 11.3. The summed E-state index contributed by atoms with van der Waals surface area (Å²) in [6, 6.07) is 5.06. The van der Waals surface area contributed by atoms with E-state index >= 15 is 0 Å². The van der Waals surface area contributed by atoms with Gasteiger partial charge in [0.1, 0.15) is 6.04 Å². The van der Waals surface area contributed by atoms with Crippen molar-refractivity contribution in [2.24, 2.45) is 0 Å². The van der Waals surface area contributed by atoms with Gasteiger partial charge in [0.05, 0.1) is 6.61 Å². The lowest BCUT2D eigenvalue weighted by Gasteiger charge is -2.13. The number of hydrogen-bond acceptors (Lipinski definition) is 5. The highest BCUT2D eigenvalue weighted by atomic mass is 32.1. The Balaban J connectivity index is 1.61. The molecule has 1 unspecified atom stereocenters. The number of ether oxygens (including phenoxy) is 3. The second-order valence-corrected chi connectivity index (χ2v) is 4.58. The fraction of sp³-hybridized carbons (Fsp3) is 0.333. The summed E-state index contributed by atoms with van der Waals surface area (Å²) in [5, 5.41) is 6.29. The van der Waals surface area contributed by atoms with Crippen LogP contribution in [-0.4, -0.2) is 30.5 Å². The van der Waals surface area contributed by atoms with E-state index in [9.17, 15) is 4.79 Å². The maximum absolute atomic E-state index is 11.3. The molecule has 1 fully saturated rings. The summed E-state index contributed by atoms with van der Waals surface area (Å²) in [6.45, 7) is 0.665. The first-order chi connectivity index (χ1) is 9.22. The van der Waals surface area contributed by atoms with Gasteiger partial charge < -0.3 is 24.8 Å².